The van der Waals surface area contributed by atoms with Crippen molar-refractivity contribution >= 4 is 0 Å². The zero-order chi connectivity index (χ0) is 12.2. The molecule has 0 bridgehead atoms. The third-order valence-electron chi connectivity index (χ3n) is 2.08. The normalized spacial score (nSPS) is 13.2. The smallest absolute Gasteiger partial charge is 0.416 e. The molecule has 0 aliphatic carbocycles. The fourth-order valence-electron chi connectivity index (χ4n) is 1.06. The standard InChI is InChI=1S/C12H13F3O/c1-3-9(2)8-16-11-6-4-5-10(7-11)12(13,14)15/h3-7,9H,1,8H2,2H3/t9-/m1/s1. The largest absolute Gasteiger partial charge is 0.493 e. The van der Waals surface area contributed by atoms with Crippen LogP contribution < -0.4 is 4.74 Å². The highest BCUT2D eigenvalue weighted by molar-refractivity contribution is 5.30. The first kappa shape index (κ1) is 12.6. The predicted octanol–water partition coefficient (Wildman–Crippen LogP) is 3.91. The molecule has 0 amide bonds. The van der Waals surface area contributed by atoms with E-state index in [2.05, 4.69) is 6.58 Å². The summed E-state index contributed by atoms with van der Waals surface area (Å²) in [7, 11) is 0. The molecule has 4 heteroatoms. The van der Waals surface area contributed by atoms with Gasteiger partial charge in [-0.3, -0.25) is 0 Å². The highest BCUT2D eigenvalue weighted by Gasteiger charge is 2.30. The van der Waals surface area contributed by atoms with Gasteiger partial charge in [-0.15, -0.1) is 6.58 Å². The summed E-state index contributed by atoms with van der Waals surface area (Å²) < 4.78 is 42.3. The van der Waals surface area contributed by atoms with Gasteiger partial charge in [-0.05, 0) is 18.2 Å². The topological polar surface area (TPSA) is 9.23 Å². The Morgan fingerprint density at radius 3 is 2.69 bits per heavy atom. The molecule has 1 rings (SSSR count). The lowest BCUT2D eigenvalue weighted by molar-refractivity contribution is -0.137. The zero-order valence-corrected chi connectivity index (χ0v) is 8.92. The van der Waals surface area contributed by atoms with Crippen molar-refractivity contribution in [3.63, 3.8) is 0 Å². The molecule has 0 saturated carbocycles. The summed E-state index contributed by atoms with van der Waals surface area (Å²) in [5.74, 6) is 0.332. The second kappa shape index (κ2) is 5.05. The summed E-state index contributed by atoms with van der Waals surface area (Å²) in [6, 6.07) is 4.85. The van der Waals surface area contributed by atoms with E-state index in [1.165, 1.54) is 12.1 Å². The maximum Gasteiger partial charge on any atom is 0.416 e. The summed E-state index contributed by atoms with van der Waals surface area (Å²) in [5.41, 5.74) is -0.698. The second-order valence-corrected chi connectivity index (χ2v) is 3.55. The monoisotopic (exact) mass is 230 g/mol. The third-order valence-corrected chi connectivity index (χ3v) is 2.08. The van der Waals surface area contributed by atoms with Gasteiger partial charge in [-0.25, -0.2) is 0 Å². The van der Waals surface area contributed by atoms with Crippen molar-refractivity contribution in [1.82, 2.24) is 0 Å². The third kappa shape index (κ3) is 3.61. The summed E-state index contributed by atoms with van der Waals surface area (Å²) in [4.78, 5) is 0. The molecular formula is C12H13F3O. The molecule has 1 aromatic carbocycles. The van der Waals surface area contributed by atoms with Gasteiger partial charge >= 0.3 is 6.18 Å². The van der Waals surface area contributed by atoms with E-state index in [0.717, 1.165) is 12.1 Å². The van der Waals surface area contributed by atoms with Gasteiger partial charge in [0.2, 0.25) is 0 Å². The van der Waals surface area contributed by atoms with Crippen LogP contribution in [0.3, 0.4) is 0 Å². The van der Waals surface area contributed by atoms with Crippen molar-refractivity contribution in [2.24, 2.45) is 5.92 Å². The lowest BCUT2D eigenvalue weighted by Gasteiger charge is -2.11. The molecule has 1 nitrogen and oxygen atoms in total. The van der Waals surface area contributed by atoms with Gasteiger partial charge in [0.25, 0.3) is 0 Å². The van der Waals surface area contributed by atoms with E-state index >= 15 is 0 Å². The minimum absolute atomic E-state index is 0.106. The molecule has 0 heterocycles. The Morgan fingerprint density at radius 1 is 1.44 bits per heavy atom. The summed E-state index contributed by atoms with van der Waals surface area (Å²) in [6.07, 6.45) is -2.64. The van der Waals surface area contributed by atoms with Crippen molar-refractivity contribution < 1.29 is 17.9 Å². The Hall–Kier alpha value is -1.45. The summed E-state index contributed by atoms with van der Waals surface area (Å²) in [6.45, 7) is 5.77. The molecule has 16 heavy (non-hydrogen) atoms. The molecule has 1 aromatic rings. The lowest BCUT2D eigenvalue weighted by atomic mass is 10.2. The van der Waals surface area contributed by atoms with Crippen LogP contribution in [0.25, 0.3) is 0 Å². The van der Waals surface area contributed by atoms with Crippen LogP contribution in [0.1, 0.15) is 12.5 Å². The molecule has 0 N–H and O–H groups in total. The molecule has 0 aliphatic rings. The Morgan fingerprint density at radius 2 is 2.12 bits per heavy atom. The lowest BCUT2D eigenvalue weighted by Crippen LogP contribution is -2.08. The Kier molecular flexibility index (Phi) is 3.99. The number of ether oxygens (including phenoxy) is 1. The Labute approximate surface area is 92.5 Å². The van der Waals surface area contributed by atoms with Crippen LogP contribution in [0.2, 0.25) is 0 Å². The van der Waals surface area contributed by atoms with Crippen LogP contribution >= 0.6 is 0 Å². The van der Waals surface area contributed by atoms with Gasteiger partial charge in [-0.1, -0.05) is 19.1 Å². The molecule has 0 radical (unpaired) electrons. The van der Waals surface area contributed by atoms with Gasteiger partial charge in [0.15, 0.2) is 0 Å². The van der Waals surface area contributed by atoms with Gasteiger partial charge < -0.3 is 4.74 Å². The number of alkyl halides is 3. The van der Waals surface area contributed by atoms with E-state index in [-0.39, 0.29) is 11.7 Å². The number of hydrogen-bond acceptors (Lipinski definition) is 1. The number of hydrogen-bond donors (Lipinski definition) is 0. The van der Waals surface area contributed by atoms with E-state index in [9.17, 15) is 13.2 Å². The van der Waals surface area contributed by atoms with Crippen LogP contribution in [0.4, 0.5) is 13.2 Å². The molecule has 0 aliphatic heterocycles. The van der Waals surface area contributed by atoms with Crippen molar-refractivity contribution in [3.05, 3.63) is 42.5 Å². The molecular weight excluding hydrogens is 217 g/mol. The predicted molar refractivity (Wildman–Crippen MR) is 56.3 cm³/mol. The SMILES string of the molecule is C=C[C@@H](C)COc1cccc(C(F)(F)F)c1. The van der Waals surface area contributed by atoms with Crippen molar-refractivity contribution in [2.75, 3.05) is 6.61 Å². The highest BCUT2D eigenvalue weighted by atomic mass is 19.4. The van der Waals surface area contributed by atoms with E-state index in [0.29, 0.717) is 6.61 Å². The zero-order valence-electron chi connectivity index (χ0n) is 8.92. The fraction of sp³-hybridized carbons (Fsp3) is 0.333. The van der Waals surface area contributed by atoms with Crippen molar-refractivity contribution in [3.8, 4) is 5.75 Å². The van der Waals surface area contributed by atoms with Crippen molar-refractivity contribution in [2.45, 2.75) is 13.1 Å². The van der Waals surface area contributed by atoms with Gasteiger partial charge in [0, 0.05) is 5.92 Å². The maximum atomic E-state index is 12.4. The van der Waals surface area contributed by atoms with E-state index < -0.39 is 11.7 Å². The fourth-order valence-corrected chi connectivity index (χ4v) is 1.06. The van der Waals surface area contributed by atoms with Crippen molar-refractivity contribution in [1.29, 1.82) is 0 Å². The van der Waals surface area contributed by atoms with Gasteiger partial charge in [0.1, 0.15) is 5.75 Å². The molecule has 0 saturated heterocycles. The average Bonchev–Trinajstić information content (AvgIpc) is 2.25. The maximum absolute atomic E-state index is 12.4. The quantitative estimate of drug-likeness (QED) is 0.712. The minimum atomic E-state index is -4.33. The molecule has 0 fully saturated rings. The van der Waals surface area contributed by atoms with Gasteiger partial charge in [-0.2, -0.15) is 13.2 Å². The highest BCUT2D eigenvalue weighted by Crippen LogP contribution is 2.31. The van der Waals surface area contributed by atoms with E-state index in [1.54, 1.807) is 6.08 Å². The van der Waals surface area contributed by atoms with Crippen LogP contribution in [0.15, 0.2) is 36.9 Å². The Bertz CT molecular complexity index is 358. The summed E-state index contributed by atoms with van der Waals surface area (Å²) >= 11 is 0. The van der Waals surface area contributed by atoms with Gasteiger partial charge in [0.05, 0.1) is 12.2 Å². The Balaban J connectivity index is 2.72. The number of halogens is 3. The van der Waals surface area contributed by atoms with E-state index in [1.807, 2.05) is 6.92 Å². The first-order valence-electron chi connectivity index (χ1n) is 4.86. The summed E-state index contributed by atoms with van der Waals surface area (Å²) in [5, 5.41) is 0. The van der Waals surface area contributed by atoms with Crippen LogP contribution in [-0.2, 0) is 6.18 Å². The van der Waals surface area contributed by atoms with E-state index in [4.69, 9.17) is 4.74 Å². The molecule has 1 atom stereocenters. The molecule has 0 unspecified atom stereocenters. The average molecular weight is 230 g/mol. The second-order valence-electron chi connectivity index (χ2n) is 3.55. The number of benzene rings is 1. The minimum Gasteiger partial charge on any atom is -0.493 e. The first-order valence-corrected chi connectivity index (χ1v) is 4.86. The molecule has 88 valence electrons. The first-order chi connectivity index (χ1) is 7.43. The van der Waals surface area contributed by atoms with Crippen LogP contribution in [-0.4, -0.2) is 6.61 Å². The molecule has 0 spiro atoms. The molecule has 0 aromatic heterocycles. The number of rotatable bonds is 4. The van der Waals surface area contributed by atoms with Crippen LogP contribution in [0.5, 0.6) is 5.75 Å². The van der Waals surface area contributed by atoms with Crippen LogP contribution in [0, 0.1) is 5.92 Å².